The summed E-state index contributed by atoms with van der Waals surface area (Å²) in [6.45, 7) is 2.64. The number of nitrogens with zero attached hydrogens (tertiary/aromatic N) is 3. The third kappa shape index (κ3) is 2.98. The van der Waals surface area contributed by atoms with Gasteiger partial charge in [-0.05, 0) is 26.1 Å². The van der Waals surface area contributed by atoms with Crippen LogP contribution in [0.2, 0.25) is 0 Å². The molecule has 0 spiro atoms. The molecule has 0 atom stereocenters. The summed E-state index contributed by atoms with van der Waals surface area (Å²) in [6, 6.07) is 9.86. The van der Waals surface area contributed by atoms with Crippen molar-refractivity contribution < 1.29 is 4.74 Å². The van der Waals surface area contributed by atoms with Crippen LogP contribution in [0.25, 0.3) is 10.9 Å². The maximum absolute atomic E-state index is 5.82. The van der Waals surface area contributed by atoms with Crippen molar-refractivity contribution in [1.82, 2.24) is 20.3 Å². The summed E-state index contributed by atoms with van der Waals surface area (Å²) < 4.78 is 5.82. The maximum Gasteiger partial charge on any atom is 0.237 e. The molecular formula is C16H16N4O. The van der Waals surface area contributed by atoms with E-state index in [1.165, 1.54) is 0 Å². The lowest BCUT2D eigenvalue weighted by Crippen LogP contribution is -2.07. The molecule has 1 aromatic carbocycles. The smallest absolute Gasteiger partial charge is 0.237 e. The molecule has 2 aromatic heterocycles. The van der Waals surface area contributed by atoms with Crippen molar-refractivity contribution in [2.75, 3.05) is 7.05 Å². The number of ether oxygens (including phenoxy) is 1. The van der Waals surface area contributed by atoms with E-state index in [0.717, 1.165) is 22.3 Å². The highest BCUT2D eigenvalue weighted by molar-refractivity contribution is 5.84. The van der Waals surface area contributed by atoms with Crippen molar-refractivity contribution in [2.24, 2.45) is 0 Å². The Kier molecular flexibility index (Phi) is 3.75. The molecule has 2 heterocycles. The Morgan fingerprint density at radius 1 is 1.10 bits per heavy atom. The summed E-state index contributed by atoms with van der Waals surface area (Å²) in [6.07, 6.45) is 3.33. The van der Waals surface area contributed by atoms with Crippen molar-refractivity contribution in [3.63, 3.8) is 0 Å². The van der Waals surface area contributed by atoms with Gasteiger partial charge in [-0.25, -0.2) is 9.97 Å². The highest BCUT2D eigenvalue weighted by Gasteiger charge is 2.06. The van der Waals surface area contributed by atoms with Gasteiger partial charge in [0.2, 0.25) is 5.88 Å². The predicted molar refractivity (Wildman–Crippen MR) is 81.3 cm³/mol. The van der Waals surface area contributed by atoms with Gasteiger partial charge in [-0.15, -0.1) is 0 Å². The van der Waals surface area contributed by atoms with Gasteiger partial charge in [0.15, 0.2) is 5.75 Å². The molecule has 0 saturated carbocycles. The number of aryl methyl sites for hydroxylation is 1. The highest BCUT2D eigenvalue weighted by Crippen LogP contribution is 2.27. The SMILES string of the molecule is CNCc1cnc(Oc2cccc3ccc(C)nc23)cn1. The highest BCUT2D eigenvalue weighted by atomic mass is 16.5. The van der Waals surface area contributed by atoms with Gasteiger partial charge in [-0.1, -0.05) is 18.2 Å². The van der Waals surface area contributed by atoms with Crippen LogP contribution in [0.15, 0.2) is 42.7 Å². The normalized spacial score (nSPS) is 10.8. The van der Waals surface area contributed by atoms with Gasteiger partial charge in [-0.3, -0.25) is 4.98 Å². The van der Waals surface area contributed by atoms with Gasteiger partial charge in [0.1, 0.15) is 5.52 Å². The van der Waals surface area contributed by atoms with Crippen molar-refractivity contribution in [3.05, 3.63) is 54.1 Å². The van der Waals surface area contributed by atoms with Crippen molar-refractivity contribution >= 4 is 10.9 Å². The number of hydrogen-bond acceptors (Lipinski definition) is 5. The average Bonchev–Trinajstić information content (AvgIpc) is 2.50. The molecule has 0 saturated heterocycles. The first-order chi connectivity index (χ1) is 10.3. The van der Waals surface area contributed by atoms with Gasteiger partial charge in [-0.2, -0.15) is 0 Å². The fraction of sp³-hybridized carbons (Fsp3) is 0.188. The van der Waals surface area contributed by atoms with Crippen LogP contribution in [-0.4, -0.2) is 22.0 Å². The Morgan fingerprint density at radius 2 is 2.00 bits per heavy atom. The van der Waals surface area contributed by atoms with Crippen molar-refractivity contribution in [1.29, 1.82) is 0 Å². The first-order valence-corrected chi connectivity index (χ1v) is 6.76. The lowest BCUT2D eigenvalue weighted by atomic mass is 10.2. The molecule has 0 amide bonds. The van der Waals surface area contributed by atoms with Gasteiger partial charge in [0.25, 0.3) is 0 Å². The second-order valence-electron chi connectivity index (χ2n) is 4.76. The van der Waals surface area contributed by atoms with Crippen LogP contribution in [0.5, 0.6) is 11.6 Å². The van der Waals surface area contributed by atoms with Gasteiger partial charge in [0, 0.05) is 17.6 Å². The molecule has 5 heteroatoms. The standard InChI is InChI=1S/C16H16N4O/c1-11-6-7-12-4-3-5-14(16(12)20-11)21-15-10-18-13(8-17-2)9-19-15/h3-7,9-10,17H,8H2,1-2H3. The Balaban J connectivity index is 1.92. The zero-order valence-corrected chi connectivity index (χ0v) is 12.0. The maximum atomic E-state index is 5.82. The van der Waals surface area contributed by atoms with E-state index in [1.807, 2.05) is 44.3 Å². The minimum Gasteiger partial charge on any atom is -0.435 e. The van der Waals surface area contributed by atoms with Crippen LogP contribution in [0.4, 0.5) is 0 Å². The molecule has 0 radical (unpaired) electrons. The van der Waals surface area contributed by atoms with Gasteiger partial charge in [0.05, 0.1) is 18.1 Å². The van der Waals surface area contributed by atoms with Gasteiger partial charge >= 0.3 is 0 Å². The van der Waals surface area contributed by atoms with Crippen LogP contribution < -0.4 is 10.1 Å². The molecule has 5 nitrogen and oxygen atoms in total. The van der Waals surface area contributed by atoms with Crippen LogP contribution in [0, 0.1) is 6.92 Å². The molecule has 0 aliphatic rings. The number of para-hydroxylation sites is 1. The Labute approximate surface area is 123 Å². The Hall–Kier alpha value is -2.53. The first-order valence-electron chi connectivity index (χ1n) is 6.76. The van der Waals surface area contributed by atoms with E-state index in [4.69, 9.17) is 4.74 Å². The molecule has 0 aliphatic carbocycles. The number of fused-ring (bicyclic) bond motifs is 1. The lowest BCUT2D eigenvalue weighted by Gasteiger charge is -2.08. The van der Waals surface area contributed by atoms with E-state index in [9.17, 15) is 0 Å². The van der Waals surface area contributed by atoms with Crippen LogP contribution in [0.1, 0.15) is 11.4 Å². The molecule has 3 aromatic rings. The number of nitrogens with one attached hydrogen (secondary N) is 1. The van der Waals surface area contributed by atoms with E-state index in [2.05, 4.69) is 20.3 Å². The quantitative estimate of drug-likeness (QED) is 0.796. The number of pyridine rings is 1. The summed E-state index contributed by atoms with van der Waals surface area (Å²) in [7, 11) is 1.87. The zero-order chi connectivity index (χ0) is 14.7. The second kappa shape index (κ2) is 5.85. The van der Waals surface area contributed by atoms with Crippen molar-refractivity contribution in [3.8, 4) is 11.6 Å². The molecule has 0 aliphatic heterocycles. The van der Waals surface area contributed by atoms with Crippen molar-refractivity contribution in [2.45, 2.75) is 13.5 Å². The predicted octanol–water partition coefficient (Wildman–Crippen LogP) is 2.84. The number of hydrogen-bond donors (Lipinski definition) is 1. The molecule has 21 heavy (non-hydrogen) atoms. The Bertz CT molecular complexity index is 756. The largest absolute Gasteiger partial charge is 0.435 e. The molecule has 106 valence electrons. The molecule has 0 bridgehead atoms. The zero-order valence-electron chi connectivity index (χ0n) is 12.0. The van der Waals surface area contributed by atoms with Crippen LogP contribution in [-0.2, 0) is 6.54 Å². The number of benzene rings is 1. The third-order valence-corrected chi connectivity index (χ3v) is 3.08. The molecule has 3 rings (SSSR count). The Morgan fingerprint density at radius 3 is 2.76 bits per heavy atom. The minimum absolute atomic E-state index is 0.464. The molecule has 0 fully saturated rings. The fourth-order valence-corrected chi connectivity index (χ4v) is 2.08. The van der Waals surface area contributed by atoms with E-state index in [0.29, 0.717) is 18.2 Å². The number of rotatable bonds is 4. The topological polar surface area (TPSA) is 59.9 Å². The molecule has 1 N–H and O–H groups in total. The summed E-state index contributed by atoms with van der Waals surface area (Å²) >= 11 is 0. The van der Waals surface area contributed by atoms with Gasteiger partial charge < -0.3 is 10.1 Å². The average molecular weight is 280 g/mol. The second-order valence-corrected chi connectivity index (χ2v) is 4.76. The summed E-state index contributed by atoms with van der Waals surface area (Å²) in [5.74, 6) is 1.15. The molecular weight excluding hydrogens is 264 g/mol. The van der Waals surface area contributed by atoms with Crippen LogP contribution in [0.3, 0.4) is 0 Å². The van der Waals surface area contributed by atoms with E-state index >= 15 is 0 Å². The lowest BCUT2D eigenvalue weighted by molar-refractivity contribution is 0.463. The van der Waals surface area contributed by atoms with Crippen LogP contribution >= 0.6 is 0 Å². The van der Waals surface area contributed by atoms with E-state index in [-0.39, 0.29) is 0 Å². The first kappa shape index (κ1) is 13.5. The number of aromatic nitrogens is 3. The van der Waals surface area contributed by atoms with E-state index in [1.54, 1.807) is 12.4 Å². The minimum atomic E-state index is 0.464. The summed E-state index contributed by atoms with van der Waals surface area (Å²) in [5, 5.41) is 4.07. The molecule has 0 unspecified atom stereocenters. The fourth-order valence-electron chi connectivity index (χ4n) is 2.08. The monoisotopic (exact) mass is 280 g/mol. The van der Waals surface area contributed by atoms with E-state index < -0.39 is 0 Å². The summed E-state index contributed by atoms with van der Waals surface area (Å²) in [5.41, 5.74) is 2.66. The summed E-state index contributed by atoms with van der Waals surface area (Å²) in [4.78, 5) is 13.1. The third-order valence-electron chi connectivity index (χ3n) is 3.08.